The summed E-state index contributed by atoms with van der Waals surface area (Å²) in [4.78, 5) is 0. The standard InChI is InChI=1S/C14H8F3NO/c1-8-4-10(2-3-11(8)15)19-14-12(16)5-9(7-18)6-13(14)17/h2-6H,1H3. The molecule has 0 amide bonds. The van der Waals surface area contributed by atoms with Crippen molar-refractivity contribution in [2.45, 2.75) is 6.92 Å². The summed E-state index contributed by atoms with van der Waals surface area (Å²) in [5.74, 6) is -2.92. The van der Waals surface area contributed by atoms with E-state index >= 15 is 0 Å². The van der Waals surface area contributed by atoms with Crippen LogP contribution in [0.15, 0.2) is 30.3 Å². The molecule has 96 valence electrons. The second kappa shape index (κ2) is 5.02. The van der Waals surface area contributed by atoms with Crippen LogP contribution in [0.1, 0.15) is 11.1 Å². The molecule has 5 heteroatoms. The fraction of sp³-hybridized carbons (Fsp3) is 0.0714. The van der Waals surface area contributed by atoms with E-state index in [1.165, 1.54) is 19.1 Å². The molecule has 0 aliphatic carbocycles. The molecule has 0 saturated carbocycles. The number of hydrogen-bond donors (Lipinski definition) is 0. The van der Waals surface area contributed by atoms with Crippen LogP contribution in [0.25, 0.3) is 0 Å². The maximum atomic E-state index is 13.6. The lowest BCUT2D eigenvalue weighted by molar-refractivity contribution is 0.406. The molecule has 2 aromatic carbocycles. The van der Waals surface area contributed by atoms with Gasteiger partial charge in [-0.3, -0.25) is 0 Å². The van der Waals surface area contributed by atoms with Gasteiger partial charge in [0.05, 0.1) is 11.6 Å². The van der Waals surface area contributed by atoms with E-state index in [0.29, 0.717) is 5.56 Å². The minimum Gasteiger partial charge on any atom is -0.451 e. The Kier molecular flexibility index (Phi) is 3.43. The molecule has 19 heavy (non-hydrogen) atoms. The highest BCUT2D eigenvalue weighted by atomic mass is 19.1. The Balaban J connectivity index is 2.38. The molecule has 0 fully saturated rings. The van der Waals surface area contributed by atoms with E-state index in [4.69, 9.17) is 10.00 Å². The normalized spacial score (nSPS) is 10.1. The molecule has 0 atom stereocenters. The van der Waals surface area contributed by atoms with Crippen molar-refractivity contribution in [1.29, 1.82) is 5.26 Å². The second-order valence-corrected chi connectivity index (χ2v) is 3.89. The second-order valence-electron chi connectivity index (χ2n) is 3.89. The summed E-state index contributed by atoms with van der Waals surface area (Å²) in [5.41, 5.74) is 0.157. The van der Waals surface area contributed by atoms with Crippen LogP contribution in [-0.2, 0) is 0 Å². The fourth-order valence-electron chi connectivity index (χ4n) is 1.52. The molecule has 0 heterocycles. The Bertz CT molecular complexity index is 654. The van der Waals surface area contributed by atoms with Crippen LogP contribution in [0.2, 0.25) is 0 Å². The van der Waals surface area contributed by atoms with Gasteiger partial charge in [-0.1, -0.05) is 0 Å². The third kappa shape index (κ3) is 2.68. The lowest BCUT2D eigenvalue weighted by Gasteiger charge is -2.09. The van der Waals surface area contributed by atoms with E-state index in [1.807, 2.05) is 0 Å². The summed E-state index contributed by atoms with van der Waals surface area (Å²) in [5, 5.41) is 8.57. The third-order valence-corrected chi connectivity index (χ3v) is 2.48. The summed E-state index contributed by atoms with van der Waals surface area (Å²) < 4.78 is 45.3. The first-order chi connectivity index (χ1) is 9.01. The Hall–Kier alpha value is -2.48. The highest BCUT2D eigenvalue weighted by Crippen LogP contribution is 2.29. The van der Waals surface area contributed by atoms with Crippen LogP contribution in [-0.4, -0.2) is 0 Å². The van der Waals surface area contributed by atoms with Crippen LogP contribution in [0, 0.1) is 35.7 Å². The van der Waals surface area contributed by atoms with Crippen LogP contribution in [0.3, 0.4) is 0 Å². The quantitative estimate of drug-likeness (QED) is 0.818. The lowest BCUT2D eigenvalue weighted by Crippen LogP contribution is -1.95. The van der Waals surface area contributed by atoms with Gasteiger partial charge in [-0.25, -0.2) is 13.2 Å². The van der Waals surface area contributed by atoms with Crippen molar-refractivity contribution >= 4 is 0 Å². The molecule has 0 aliphatic rings. The number of nitriles is 1. The van der Waals surface area contributed by atoms with E-state index in [0.717, 1.165) is 18.2 Å². The van der Waals surface area contributed by atoms with Gasteiger partial charge in [0.25, 0.3) is 0 Å². The van der Waals surface area contributed by atoms with Crippen molar-refractivity contribution in [3.8, 4) is 17.6 Å². The molecule has 2 aromatic rings. The highest BCUT2D eigenvalue weighted by Gasteiger charge is 2.14. The van der Waals surface area contributed by atoms with Gasteiger partial charge in [0.1, 0.15) is 11.6 Å². The molecule has 0 unspecified atom stereocenters. The summed E-state index contributed by atoms with van der Waals surface area (Å²) in [6, 6.07) is 7.10. The topological polar surface area (TPSA) is 33.0 Å². The summed E-state index contributed by atoms with van der Waals surface area (Å²) in [6.45, 7) is 1.51. The van der Waals surface area contributed by atoms with Gasteiger partial charge in [0, 0.05) is 0 Å². The number of nitrogens with zero attached hydrogens (tertiary/aromatic N) is 1. The zero-order valence-electron chi connectivity index (χ0n) is 9.88. The Labute approximate surface area is 107 Å². The summed E-state index contributed by atoms with van der Waals surface area (Å²) >= 11 is 0. The molecular formula is C14H8F3NO. The average molecular weight is 263 g/mol. The van der Waals surface area contributed by atoms with Gasteiger partial charge in [0.2, 0.25) is 0 Å². The molecule has 0 N–H and O–H groups in total. The van der Waals surface area contributed by atoms with E-state index in [1.54, 1.807) is 6.07 Å². The molecule has 0 saturated heterocycles. The monoisotopic (exact) mass is 263 g/mol. The van der Waals surface area contributed by atoms with Gasteiger partial charge >= 0.3 is 0 Å². The maximum absolute atomic E-state index is 13.6. The molecule has 0 spiro atoms. The van der Waals surface area contributed by atoms with E-state index in [-0.39, 0.29) is 11.3 Å². The largest absolute Gasteiger partial charge is 0.451 e. The van der Waals surface area contributed by atoms with E-state index in [9.17, 15) is 13.2 Å². The Morgan fingerprint density at radius 1 is 1.00 bits per heavy atom. The smallest absolute Gasteiger partial charge is 0.198 e. The summed E-state index contributed by atoms with van der Waals surface area (Å²) in [6.07, 6.45) is 0. The molecular weight excluding hydrogens is 255 g/mol. The zero-order valence-corrected chi connectivity index (χ0v) is 9.88. The number of hydrogen-bond acceptors (Lipinski definition) is 2. The van der Waals surface area contributed by atoms with Crippen molar-refractivity contribution in [3.63, 3.8) is 0 Å². The average Bonchev–Trinajstić information content (AvgIpc) is 2.37. The van der Waals surface area contributed by atoms with Crippen LogP contribution in [0.5, 0.6) is 11.5 Å². The van der Waals surface area contributed by atoms with Crippen LogP contribution >= 0.6 is 0 Å². The molecule has 2 rings (SSSR count). The summed E-state index contributed by atoms with van der Waals surface area (Å²) in [7, 11) is 0. The van der Waals surface area contributed by atoms with Crippen molar-refractivity contribution in [2.75, 3.05) is 0 Å². The van der Waals surface area contributed by atoms with Gasteiger partial charge in [-0.15, -0.1) is 0 Å². The van der Waals surface area contributed by atoms with Gasteiger partial charge < -0.3 is 4.74 Å². The van der Waals surface area contributed by atoms with E-state index in [2.05, 4.69) is 0 Å². The van der Waals surface area contributed by atoms with Crippen LogP contribution < -0.4 is 4.74 Å². The minimum atomic E-state index is -0.987. The third-order valence-electron chi connectivity index (χ3n) is 2.48. The number of benzene rings is 2. The molecule has 0 bridgehead atoms. The highest BCUT2D eigenvalue weighted by molar-refractivity contribution is 5.40. The van der Waals surface area contributed by atoms with E-state index < -0.39 is 23.2 Å². The Morgan fingerprint density at radius 2 is 1.63 bits per heavy atom. The van der Waals surface area contributed by atoms with Crippen molar-refractivity contribution in [1.82, 2.24) is 0 Å². The number of aryl methyl sites for hydroxylation is 1. The predicted octanol–water partition coefficient (Wildman–Crippen LogP) is 4.08. The maximum Gasteiger partial charge on any atom is 0.198 e. The van der Waals surface area contributed by atoms with Crippen LogP contribution in [0.4, 0.5) is 13.2 Å². The molecule has 0 aliphatic heterocycles. The van der Waals surface area contributed by atoms with Crippen molar-refractivity contribution in [3.05, 3.63) is 58.9 Å². The number of rotatable bonds is 2. The van der Waals surface area contributed by atoms with Crippen molar-refractivity contribution < 1.29 is 17.9 Å². The first-order valence-corrected chi connectivity index (χ1v) is 5.34. The number of ether oxygens (including phenoxy) is 1. The van der Waals surface area contributed by atoms with Crippen molar-refractivity contribution in [2.24, 2.45) is 0 Å². The predicted molar refractivity (Wildman–Crippen MR) is 62.3 cm³/mol. The molecule has 0 radical (unpaired) electrons. The Morgan fingerprint density at radius 3 is 2.16 bits per heavy atom. The first kappa shape index (κ1) is 13.0. The zero-order chi connectivity index (χ0) is 14.0. The fourth-order valence-corrected chi connectivity index (χ4v) is 1.52. The SMILES string of the molecule is Cc1cc(Oc2c(F)cc(C#N)cc2F)ccc1F. The lowest BCUT2D eigenvalue weighted by atomic mass is 10.2. The minimum absolute atomic E-state index is 0.112. The molecule has 2 nitrogen and oxygen atoms in total. The van der Waals surface area contributed by atoms with Gasteiger partial charge in [-0.2, -0.15) is 5.26 Å². The first-order valence-electron chi connectivity index (χ1n) is 5.34. The number of halogens is 3. The molecule has 0 aromatic heterocycles. The van der Waals surface area contributed by atoms with Gasteiger partial charge in [-0.05, 0) is 42.8 Å². The van der Waals surface area contributed by atoms with Gasteiger partial charge in [0.15, 0.2) is 17.4 Å².